The summed E-state index contributed by atoms with van der Waals surface area (Å²) in [4.78, 5) is 27.8. The Hall–Kier alpha value is -3.04. The Labute approximate surface area is 229 Å². The molecule has 15 heteroatoms. The predicted molar refractivity (Wildman–Crippen MR) is 136 cm³/mol. The summed E-state index contributed by atoms with van der Waals surface area (Å²) in [6, 6.07) is 4.77. The van der Waals surface area contributed by atoms with E-state index in [1.807, 2.05) is 0 Å². The molecule has 212 valence electrons. The van der Waals surface area contributed by atoms with E-state index >= 15 is 0 Å². The average molecular weight is 588 g/mol. The SMILES string of the molecule is O=C(NO)[C@H]1CN(C(=O)NCCN2CCCC2)CCN1S(=O)(=O)c1cc(F)c(Oc2ccc(Cl)cc2)c(F)c1. The number of nitrogens with one attached hydrogen (secondary N) is 2. The van der Waals surface area contributed by atoms with Gasteiger partial charge in [-0.25, -0.2) is 27.5 Å². The molecule has 11 nitrogen and oxygen atoms in total. The molecule has 2 heterocycles. The van der Waals surface area contributed by atoms with E-state index in [2.05, 4.69) is 10.2 Å². The van der Waals surface area contributed by atoms with E-state index in [1.165, 1.54) is 34.6 Å². The van der Waals surface area contributed by atoms with E-state index in [-0.39, 0.29) is 25.4 Å². The molecule has 2 aliphatic heterocycles. The van der Waals surface area contributed by atoms with E-state index in [0.29, 0.717) is 34.6 Å². The second-order valence-electron chi connectivity index (χ2n) is 9.11. The molecule has 0 aliphatic carbocycles. The summed E-state index contributed by atoms with van der Waals surface area (Å²) in [7, 11) is -4.64. The molecule has 39 heavy (non-hydrogen) atoms. The fraction of sp³-hybridized carbons (Fsp3) is 0.417. The second-order valence-corrected chi connectivity index (χ2v) is 11.4. The minimum atomic E-state index is -4.64. The Morgan fingerprint density at radius 2 is 1.69 bits per heavy atom. The number of carbonyl (C=O) groups is 2. The first-order valence-electron chi connectivity index (χ1n) is 12.2. The highest BCUT2D eigenvalue weighted by Crippen LogP contribution is 2.32. The van der Waals surface area contributed by atoms with Crippen molar-refractivity contribution in [2.75, 3.05) is 45.8 Å². The van der Waals surface area contributed by atoms with E-state index in [9.17, 15) is 32.0 Å². The Balaban J connectivity index is 1.49. The van der Waals surface area contributed by atoms with Crippen molar-refractivity contribution in [2.45, 2.75) is 23.8 Å². The van der Waals surface area contributed by atoms with Crippen LogP contribution in [0.3, 0.4) is 0 Å². The van der Waals surface area contributed by atoms with Gasteiger partial charge in [0.1, 0.15) is 11.8 Å². The van der Waals surface area contributed by atoms with E-state index in [4.69, 9.17) is 16.3 Å². The minimum Gasteiger partial charge on any atom is -0.451 e. The fourth-order valence-corrected chi connectivity index (χ4v) is 6.23. The molecule has 2 aromatic carbocycles. The van der Waals surface area contributed by atoms with Crippen LogP contribution in [0.1, 0.15) is 12.8 Å². The van der Waals surface area contributed by atoms with Gasteiger partial charge in [0, 0.05) is 37.7 Å². The third-order valence-electron chi connectivity index (χ3n) is 6.55. The number of carbonyl (C=O) groups excluding carboxylic acids is 2. The van der Waals surface area contributed by atoms with Crippen LogP contribution < -0.4 is 15.5 Å². The molecule has 3 N–H and O–H groups in total. The van der Waals surface area contributed by atoms with Crippen LogP contribution in [0.4, 0.5) is 13.6 Å². The van der Waals surface area contributed by atoms with Crippen molar-refractivity contribution in [2.24, 2.45) is 0 Å². The quantitative estimate of drug-likeness (QED) is 0.319. The molecule has 0 aromatic heterocycles. The first kappa shape index (κ1) is 29.0. The predicted octanol–water partition coefficient (Wildman–Crippen LogP) is 2.40. The van der Waals surface area contributed by atoms with Crippen LogP contribution in [0, 0.1) is 11.6 Å². The molecule has 3 amide bonds. The number of amides is 3. The number of sulfonamides is 1. The number of hydroxylamine groups is 1. The molecular weight excluding hydrogens is 560 g/mol. The Morgan fingerprint density at radius 3 is 2.31 bits per heavy atom. The first-order chi connectivity index (χ1) is 18.6. The van der Waals surface area contributed by atoms with Crippen LogP contribution in [0.5, 0.6) is 11.5 Å². The smallest absolute Gasteiger partial charge is 0.317 e. The normalized spacial score (nSPS) is 18.7. The van der Waals surface area contributed by atoms with Crippen molar-refractivity contribution in [3.8, 4) is 11.5 Å². The lowest BCUT2D eigenvalue weighted by atomic mass is 10.2. The highest BCUT2D eigenvalue weighted by Gasteiger charge is 2.42. The van der Waals surface area contributed by atoms with Gasteiger partial charge in [-0.15, -0.1) is 0 Å². The number of hydrogen-bond donors (Lipinski definition) is 3. The summed E-state index contributed by atoms with van der Waals surface area (Å²) in [5.41, 5.74) is 1.40. The lowest BCUT2D eigenvalue weighted by Gasteiger charge is -2.39. The molecule has 0 unspecified atom stereocenters. The molecule has 2 aromatic rings. The van der Waals surface area contributed by atoms with Gasteiger partial charge in [0.15, 0.2) is 17.4 Å². The van der Waals surface area contributed by atoms with Crippen LogP contribution in [0.25, 0.3) is 0 Å². The van der Waals surface area contributed by atoms with Gasteiger partial charge in [-0.05, 0) is 62.3 Å². The molecular formula is C24H28ClF2N5O6S. The number of hydrogen-bond acceptors (Lipinski definition) is 7. The summed E-state index contributed by atoms with van der Waals surface area (Å²) in [5.74, 6) is -4.43. The highest BCUT2D eigenvalue weighted by molar-refractivity contribution is 7.89. The zero-order valence-corrected chi connectivity index (χ0v) is 22.4. The van der Waals surface area contributed by atoms with Crippen molar-refractivity contribution in [3.05, 3.63) is 53.1 Å². The Kier molecular flexibility index (Phi) is 9.23. The van der Waals surface area contributed by atoms with Gasteiger partial charge < -0.3 is 19.9 Å². The minimum absolute atomic E-state index is 0.0716. The Bertz CT molecular complexity index is 1290. The van der Waals surface area contributed by atoms with Crippen molar-refractivity contribution >= 4 is 33.6 Å². The van der Waals surface area contributed by atoms with Crippen LogP contribution in [-0.4, -0.2) is 91.5 Å². The van der Waals surface area contributed by atoms with Crippen molar-refractivity contribution in [1.29, 1.82) is 0 Å². The van der Waals surface area contributed by atoms with Gasteiger partial charge in [0.25, 0.3) is 5.91 Å². The summed E-state index contributed by atoms with van der Waals surface area (Å²) < 4.78 is 62.3. The van der Waals surface area contributed by atoms with E-state index in [1.54, 1.807) is 0 Å². The number of halogens is 3. The van der Waals surface area contributed by atoms with Crippen molar-refractivity contribution in [1.82, 2.24) is 24.9 Å². The zero-order valence-electron chi connectivity index (χ0n) is 20.8. The zero-order chi connectivity index (χ0) is 28.2. The second kappa shape index (κ2) is 12.4. The van der Waals surface area contributed by atoms with Crippen LogP contribution in [0.2, 0.25) is 5.02 Å². The third kappa shape index (κ3) is 6.76. The van der Waals surface area contributed by atoms with Gasteiger partial charge in [0.05, 0.1) is 4.90 Å². The maximum atomic E-state index is 14.8. The fourth-order valence-electron chi connectivity index (χ4n) is 4.50. The highest BCUT2D eigenvalue weighted by atomic mass is 35.5. The first-order valence-corrected chi connectivity index (χ1v) is 14.1. The molecule has 1 atom stereocenters. The molecule has 0 spiro atoms. The molecule has 0 saturated carbocycles. The van der Waals surface area contributed by atoms with Gasteiger partial charge in [-0.1, -0.05) is 11.6 Å². The monoisotopic (exact) mass is 587 g/mol. The van der Waals surface area contributed by atoms with Crippen LogP contribution in [0.15, 0.2) is 41.3 Å². The third-order valence-corrected chi connectivity index (χ3v) is 8.68. The van der Waals surface area contributed by atoms with Gasteiger partial charge in [0.2, 0.25) is 10.0 Å². The average Bonchev–Trinajstić information content (AvgIpc) is 3.44. The van der Waals surface area contributed by atoms with Crippen LogP contribution in [-0.2, 0) is 14.8 Å². The number of rotatable bonds is 8. The number of piperazine rings is 1. The standard InChI is InChI=1S/C24H28ClF2N5O6S/c25-16-3-5-17(6-4-16)38-22-19(26)13-18(14-20(22)27)39(36,37)32-12-11-31(15-21(32)23(33)29-35)24(34)28-7-10-30-8-1-2-9-30/h3-6,13-14,21,35H,1-2,7-12,15H2,(H,28,34)(H,29,33)/t21-/m1/s1. The summed E-state index contributed by atoms with van der Waals surface area (Å²) in [6.45, 7) is 2.12. The molecule has 4 rings (SSSR count). The summed E-state index contributed by atoms with van der Waals surface area (Å²) >= 11 is 5.79. The molecule has 2 saturated heterocycles. The number of likely N-dealkylation sites (tertiary alicyclic amines) is 1. The molecule has 2 aliphatic rings. The van der Waals surface area contributed by atoms with Gasteiger partial charge in [-0.2, -0.15) is 4.31 Å². The van der Waals surface area contributed by atoms with E-state index < -0.39 is 50.3 Å². The summed E-state index contributed by atoms with van der Waals surface area (Å²) in [6.07, 6.45) is 2.21. The lowest BCUT2D eigenvalue weighted by Crippen LogP contribution is -2.62. The van der Waals surface area contributed by atoms with Gasteiger partial charge in [-0.3, -0.25) is 10.0 Å². The largest absolute Gasteiger partial charge is 0.451 e. The topological polar surface area (TPSA) is 132 Å². The maximum Gasteiger partial charge on any atom is 0.317 e. The molecule has 2 fully saturated rings. The number of nitrogens with zero attached hydrogens (tertiary/aromatic N) is 3. The molecule has 0 radical (unpaired) electrons. The Morgan fingerprint density at radius 1 is 1.05 bits per heavy atom. The van der Waals surface area contributed by atoms with Crippen molar-refractivity contribution in [3.63, 3.8) is 0 Å². The number of benzene rings is 2. The van der Waals surface area contributed by atoms with E-state index in [0.717, 1.165) is 25.9 Å². The van der Waals surface area contributed by atoms with Gasteiger partial charge >= 0.3 is 6.03 Å². The van der Waals surface area contributed by atoms with Crippen LogP contribution >= 0.6 is 11.6 Å². The lowest BCUT2D eigenvalue weighted by molar-refractivity contribution is -0.134. The maximum absolute atomic E-state index is 14.8. The number of ether oxygens (including phenoxy) is 1. The molecule has 0 bridgehead atoms. The van der Waals surface area contributed by atoms with Crippen molar-refractivity contribution < 1.29 is 36.7 Å². The number of urea groups is 1. The summed E-state index contributed by atoms with van der Waals surface area (Å²) in [5, 5.41) is 12.3.